The van der Waals surface area contributed by atoms with Gasteiger partial charge in [-0.3, -0.25) is 9.69 Å². The number of aryl methyl sites for hydroxylation is 1. The summed E-state index contributed by atoms with van der Waals surface area (Å²) in [5.41, 5.74) is 1.88. The molecule has 2 rings (SSSR count). The Balaban J connectivity index is 2.42. The maximum absolute atomic E-state index is 11.6. The van der Waals surface area contributed by atoms with Crippen LogP contribution < -0.4 is 5.56 Å². The van der Waals surface area contributed by atoms with Gasteiger partial charge in [0.15, 0.2) is 0 Å². The second-order valence-corrected chi connectivity index (χ2v) is 3.70. The standard InChI is InChI=1S/C10H15N3O/c1-3-13-5-4-8-9(6-13)11-7(2)12-10(8)14/h3-6H2,1-2H3,(H,11,12,14). The van der Waals surface area contributed by atoms with E-state index < -0.39 is 0 Å². The summed E-state index contributed by atoms with van der Waals surface area (Å²) in [6.45, 7) is 6.76. The number of fused-ring (bicyclic) bond motifs is 1. The number of aromatic amines is 1. The molecule has 1 aliphatic heterocycles. The van der Waals surface area contributed by atoms with E-state index in [1.54, 1.807) is 0 Å². The molecule has 1 N–H and O–H groups in total. The molecule has 14 heavy (non-hydrogen) atoms. The zero-order valence-electron chi connectivity index (χ0n) is 8.63. The smallest absolute Gasteiger partial charge is 0.254 e. The molecule has 4 nitrogen and oxygen atoms in total. The Morgan fingerprint density at radius 2 is 2.36 bits per heavy atom. The molecule has 1 aromatic heterocycles. The van der Waals surface area contributed by atoms with Crippen molar-refractivity contribution < 1.29 is 0 Å². The van der Waals surface area contributed by atoms with Crippen molar-refractivity contribution in [3.8, 4) is 0 Å². The number of aromatic nitrogens is 2. The van der Waals surface area contributed by atoms with Crippen LogP contribution in [0.3, 0.4) is 0 Å². The summed E-state index contributed by atoms with van der Waals surface area (Å²) in [4.78, 5) is 21.0. The maximum Gasteiger partial charge on any atom is 0.254 e. The number of nitrogens with one attached hydrogen (secondary N) is 1. The topological polar surface area (TPSA) is 49.0 Å². The van der Waals surface area contributed by atoms with Gasteiger partial charge in [0.25, 0.3) is 5.56 Å². The van der Waals surface area contributed by atoms with E-state index in [-0.39, 0.29) is 5.56 Å². The molecule has 0 aromatic carbocycles. The first-order valence-electron chi connectivity index (χ1n) is 5.01. The molecule has 0 unspecified atom stereocenters. The van der Waals surface area contributed by atoms with Crippen molar-refractivity contribution in [1.29, 1.82) is 0 Å². The molecule has 0 aliphatic carbocycles. The lowest BCUT2D eigenvalue weighted by Gasteiger charge is -2.25. The largest absolute Gasteiger partial charge is 0.311 e. The molecule has 2 heterocycles. The summed E-state index contributed by atoms with van der Waals surface area (Å²) >= 11 is 0. The molecule has 0 bridgehead atoms. The average molecular weight is 193 g/mol. The van der Waals surface area contributed by atoms with E-state index in [4.69, 9.17) is 0 Å². The van der Waals surface area contributed by atoms with Crippen molar-refractivity contribution in [2.75, 3.05) is 13.1 Å². The molecule has 0 atom stereocenters. The zero-order chi connectivity index (χ0) is 10.1. The van der Waals surface area contributed by atoms with Gasteiger partial charge in [0.1, 0.15) is 5.82 Å². The fourth-order valence-electron chi connectivity index (χ4n) is 1.89. The molecule has 0 radical (unpaired) electrons. The minimum Gasteiger partial charge on any atom is -0.311 e. The molecule has 76 valence electrons. The fraction of sp³-hybridized carbons (Fsp3) is 0.600. The van der Waals surface area contributed by atoms with Crippen LogP contribution in [0.2, 0.25) is 0 Å². The van der Waals surface area contributed by atoms with Crippen LogP contribution in [0.4, 0.5) is 0 Å². The van der Waals surface area contributed by atoms with E-state index in [2.05, 4.69) is 21.8 Å². The Bertz CT molecular complexity index is 397. The lowest BCUT2D eigenvalue weighted by molar-refractivity contribution is 0.262. The van der Waals surface area contributed by atoms with Crippen molar-refractivity contribution in [1.82, 2.24) is 14.9 Å². The number of hydrogen-bond donors (Lipinski definition) is 1. The molecular weight excluding hydrogens is 178 g/mol. The number of nitrogens with zero attached hydrogens (tertiary/aromatic N) is 2. The first-order valence-corrected chi connectivity index (χ1v) is 5.01. The van der Waals surface area contributed by atoms with Crippen LogP contribution in [0.15, 0.2) is 4.79 Å². The van der Waals surface area contributed by atoms with Crippen molar-refractivity contribution >= 4 is 0 Å². The van der Waals surface area contributed by atoms with Crippen LogP contribution >= 0.6 is 0 Å². The molecular formula is C10H15N3O. The highest BCUT2D eigenvalue weighted by molar-refractivity contribution is 5.20. The van der Waals surface area contributed by atoms with Gasteiger partial charge in [-0.2, -0.15) is 0 Å². The molecule has 0 amide bonds. The van der Waals surface area contributed by atoms with Gasteiger partial charge in [-0.25, -0.2) is 4.98 Å². The molecule has 0 saturated heterocycles. The second kappa shape index (κ2) is 3.53. The van der Waals surface area contributed by atoms with E-state index in [1.807, 2.05) is 6.92 Å². The normalized spacial score (nSPS) is 16.7. The van der Waals surface area contributed by atoms with E-state index in [9.17, 15) is 4.79 Å². The molecule has 1 aromatic rings. The third-order valence-corrected chi connectivity index (χ3v) is 2.72. The second-order valence-electron chi connectivity index (χ2n) is 3.70. The predicted octanol–water partition coefficient (Wildman–Crippen LogP) is 0.456. The highest BCUT2D eigenvalue weighted by Gasteiger charge is 2.18. The average Bonchev–Trinajstić information content (AvgIpc) is 2.16. The van der Waals surface area contributed by atoms with Crippen LogP contribution in [0.25, 0.3) is 0 Å². The van der Waals surface area contributed by atoms with Crippen LogP contribution in [0.5, 0.6) is 0 Å². The van der Waals surface area contributed by atoms with E-state index in [0.717, 1.165) is 37.3 Å². The van der Waals surface area contributed by atoms with Gasteiger partial charge in [-0.05, 0) is 19.9 Å². The van der Waals surface area contributed by atoms with Crippen molar-refractivity contribution in [3.05, 3.63) is 27.4 Å². The van der Waals surface area contributed by atoms with Gasteiger partial charge >= 0.3 is 0 Å². The molecule has 0 saturated carbocycles. The van der Waals surface area contributed by atoms with Gasteiger partial charge in [0.05, 0.1) is 5.69 Å². The fourth-order valence-corrected chi connectivity index (χ4v) is 1.89. The Kier molecular flexibility index (Phi) is 2.37. The van der Waals surface area contributed by atoms with Gasteiger partial charge in [0, 0.05) is 18.7 Å². The summed E-state index contributed by atoms with van der Waals surface area (Å²) in [7, 11) is 0. The molecule has 4 heteroatoms. The minimum absolute atomic E-state index is 0.0447. The van der Waals surface area contributed by atoms with Gasteiger partial charge in [-0.1, -0.05) is 6.92 Å². The molecule has 1 aliphatic rings. The lowest BCUT2D eigenvalue weighted by Crippen LogP contribution is -2.35. The quantitative estimate of drug-likeness (QED) is 0.704. The van der Waals surface area contributed by atoms with Crippen LogP contribution in [0.1, 0.15) is 24.0 Å². The van der Waals surface area contributed by atoms with Crippen LogP contribution in [0, 0.1) is 6.92 Å². The van der Waals surface area contributed by atoms with E-state index in [1.165, 1.54) is 0 Å². The van der Waals surface area contributed by atoms with Crippen LogP contribution in [-0.4, -0.2) is 28.0 Å². The van der Waals surface area contributed by atoms with Gasteiger partial charge < -0.3 is 4.98 Å². The summed E-state index contributed by atoms with van der Waals surface area (Å²) in [5.74, 6) is 0.715. The minimum atomic E-state index is 0.0447. The molecule has 0 spiro atoms. The zero-order valence-corrected chi connectivity index (χ0v) is 8.63. The Labute approximate surface area is 83.0 Å². The van der Waals surface area contributed by atoms with Crippen molar-refractivity contribution in [2.45, 2.75) is 26.8 Å². The predicted molar refractivity (Wildman–Crippen MR) is 54.2 cm³/mol. The highest BCUT2D eigenvalue weighted by atomic mass is 16.1. The van der Waals surface area contributed by atoms with E-state index in [0.29, 0.717) is 5.82 Å². The maximum atomic E-state index is 11.6. The Morgan fingerprint density at radius 1 is 1.57 bits per heavy atom. The van der Waals surface area contributed by atoms with Crippen molar-refractivity contribution in [3.63, 3.8) is 0 Å². The van der Waals surface area contributed by atoms with Gasteiger partial charge in [-0.15, -0.1) is 0 Å². The summed E-state index contributed by atoms with van der Waals surface area (Å²) in [5, 5.41) is 0. The number of rotatable bonds is 1. The highest BCUT2D eigenvalue weighted by Crippen LogP contribution is 2.12. The first kappa shape index (κ1) is 9.40. The van der Waals surface area contributed by atoms with Crippen LogP contribution in [-0.2, 0) is 13.0 Å². The third kappa shape index (κ3) is 1.57. The number of likely N-dealkylation sites (N-methyl/N-ethyl adjacent to an activating group) is 1. The summed E-state index contributed by atoms with van der Waals surface area (Å²) in [6, 6.07) is 0. The lowest BCUT2D eigenvalue weighted by atomic mass is 10.1. The third-order valence-electron chi connectivity index (χ3n) is 2.72. The first-order chi connectivity index (χ1) is 6.70. The van der Waals surface area contributed by atoms with E-state index >= 15 is 0 Å². The SMILES string of the molecule is CCN1CCc2c(nc(C)[nH]c2=O)C1. The van der Waals surface area contributed by atoms with Crippen molar-refractivity contribution in [2.24, 2.45) is 0 Å². The number of H-pyrrole nitrogens is 1. The monoisotopic (exact) mass is 193 g/mol. The Morgan fingerprint density at radius 3 is 3.07 bits per heavy atom. The summed E-state index contributed by atoms with van der Waals surface area (Å²) < 4.78 is 0. The Hall–Kier alpha value is -1.16. The number of hydrogen-bond acceptors (Lipinski definition) is 3. The van der Waals surface area contributed by atoms with Gasteiger partial charge in [0.2, 0.25) is 0 Å². The molecule has 0 fully saturated rings. The summed E-state index contributed by atoms with van der Waals surface area (Å²) in [6.07, 6.45) is 0.825.